The van der Waals surface area contributed by atoms with Gasteiger partial charge >= 0.3 is 0 Å². The Morgan fingerprint density at radius 1 is 1.26 bits per heavy atom. The van der Waals surface area contributed by atoms with E-state index < -0.39 is 11.2 Å². The average Bonchev–Trinajstić information content (AvgIpc) is 3.43. The molecule has 2 atom stereocenters. The van der Waals surface area contributed by atoms with Crippen LogP contribution in [0, 0.1) is 11.3 Å². The third-order valence-corrected chi connectivity index (χ3v) is 8.42. The highest BCUT2D eigenvalue weighted by Crippen LogP contribution is 2.42. The van der Waals surface area contributed by atoms with Crippen LogP contribution in [0.1, 0.15) is 40.8 Å². The van der Waals surface area contributed by atoms with Gasteiger partial charge in [0.05, 0.1) is 16.1 Å². The highest BCUT2D eigenvalue weighted by Gasteiger charge is 2.30. The molecule has 0 radical (unpaired) electrons. The molecule has 2 aromatic carbocycles. The molecule has 0 fully saturated rings. The maximum absolute atomic E-state index is 13.1. The second kappa shape index (κ2) is 9.94. The summed E-state index contributed by atoms with van der Waals surface area (Å²) in [5, 5.41) is 29.0. The lowest BCUT2D eigenvalue weighted by atomic mass is 9.83. The molecule has 1 aliphatic rings. The lowest BCUT2D eigenvalue weighted by molar-refractivity contribution is -0.705. The van der Waals surface area contributed by atoms with Crippen molar-refractivity contribution in [2.45, 2.75) is 42.4 Å². The van der Waals surface area contributed by atoms with Gasteiger partial charge in [0, 0.05) is 17.0 Å². The zero-order valence-electron chi connectivity index (χ0n) is 18.9. The average molecular weight is 503 g/mol. The molecule has 176 valence electrons. The number of thioether (sulfide) groups is 1. The Labute approximate surface area is 211 Å². The number of fused-ring (bicyclic) bond motifs is 1. The van der Waals surface area contributed by atoms with Gasteiger partial charge in [-0.25, -0.2) is 0 Å². The molecule has 0 saturated carbocycles. The standard InChI is InChI=1S/C26H22N4O3S2/c1-16(34-25-26(32)33-29-30(25)19-10-6-3-7-11-19)23(31)28-24-21(15-27)20-13-12-18(14-22(20)35-24)17-8-4-2-5-9-17/h2-11,16,18H,12-14H2,1H3,(H-,28,29,31,32). The highest BCUT2D eigenvalue weighted by atomic mass is 32.2. The van der Waals surface area contributed by atoms with Crippen molar-refractivity contribution in [2.24, 2.45) is 0 Å². The third-order valence-electron chi connectivity index (χ3n) is 6.12. The van der Waals surface area contributed by atoms with E-state index in [2.05, 4.69) is 40.9 Å². The Morgan fingerprint density at radius 2 is 1.97 bits per heavy atom. The number of benzene rings is 2. The van der Waals surface area contributed by atoms with Gasteiger partial charge in [-0.05, 0) is 59.7 Å². The van der Waals surface area contributed by atoms with E-state index >= 15 is 0 Å². The predicted octanol–water partition coefficient (Wildman–Crippen LogP) is 4.35. The lowest BCUT2D eigenvalue weighted by Crippen LogP contribution is -2.36. The first kappa shape index (κ1) is 23.1. The van der Waals surface area contributed by atoms with Gasteiger partial charge in [-0.1, -0.05) is 48.5 Å². The molecule has 0 bridgehead atoms. The molecule has 2 aromatic heterocycles. The van der Waals surface area contributed by atoms with E-state index in [1.807, 2.05) is 24.3 Å². The summed E-state index contributed by atoms with van der Waals surface area (Å²) in [5.41, 5.74) is 3.56. The van der Waals surface area contributed by atoms with Gasteiger partial charge < -0.3 is 14.9 Å². The molecule has 5 rings (SSSR count). The maximum atomic E-state index is 13.1. The largest absolute Gasteiger partial charge is 0.538 e. The minimum atomic E-state index is -0.611. The molecule has 2 unspecified atom stereocenters. The van der Waals surface area contributed by atoms with Crippen LogP contribution in [0.5, 0.6) is 5.95 Å². The number of thiophene rings is 1. The van der Waals surface area contributed by atoms with Crippen molar-refractivity contribution in [1.29, 1.82) is 5.26 Å². The van der Waals surface area contributed by atoms with Gasteiger partial charge in [-0.3, -0.25) is 4.79 Å². The molecule has 1 N–H and O–H groups in total. The molecule has 1 amide bonds. The number of aromatic nitrogens is 2. The van der Waals surface area contributed by atoms with Gasteiger partial charge in [0.1, 0.15) is 11.1 Å². The summed E-state index contributed by atoms with van der Waals surface area (Å²) in [5.74, 6) is -0.482. The number of nitrogens with one attached hydrogen (secondary N) is 1. The fourth-order valence-corrected chi connectivity index (χ4v) is 6.46. The van der Waals surface area contributed by atoms with Crippen LogP contribution in [0.4, 0.5) is 5.00 Å². The normalized spacial score (nSPS) is 15.7. The van der Waals surface area contributed by atoms with Crippen LogP contribution < -0.4 is 15.1 Å². The number of carbonyl (C=O) groups is 1. The number of carbonyl (C=O) groups excluding carboxylic acids is 1. The van der Waals surface area contributed by atoms with Gasteiger partial charge in [-0.2, -0.15) is 5.26 Å². The summed E-state index contributed by atoms with van der Waals surface area (Å²) >= 11 is 2.56. The predicted molar refractivity (Wildman–Crippen MR) is 132 cm³/mol. The van der Waals surface area contributed by atoms with Crippen molar-refractivity contribution in [1.82, 2.24) is 5.27 Å². The first-order chi connectivity index (χ1) is 17.0. The van der Waals surface area contributed by atoms with E-state index in [4.69, 9.17) is 4.52 Å². The Bertz CT molecular complexity index is 1390. The van der Waals surface area contributed by atoms with E-state index in [9.17, 15) is 15.2 Å². The second-order valence-electron chi connectivity index (χ2n) is 8.33. The molecule has 4 aromatic rings. The number of hydrogen-bond acceptors (Lipinski definition) is 7. The quantitative estimate of drug-likeness (QED) is 0.310. The molecule has 1 aliphatic carbocycles. The number of para-hydroxylation sites is 1. The highest BCUT2D eigenvalue weighted by molar-refractivity contribution is 8.00. The van der Waals surface area contributed by atoms with Crippen LogP contribution in [0.15, 0.2) is 70.2 Å². The monoisotopic (exact) mass is 502 g/mol. The van der Waals surface area contributed by atoms with Gasteiger partial charge in [0.25, 0.3) is 5.03 Å². The number of nitrogens with zero attached hydrogens (tertiary/aromatic N) is 3. The van der Waals surface area contributed by atoms with Crippen molar-refractivity contribution < 1.29 is 19.1 Å². The van der Waals surface area contributed by atoms with Gasteiger partial charge in [-0.15, -0.1) is 11.3 Å². The smallest absolute Gasteiger partial charge is 0.298 e. The Hall–Kier alpha value is -3.61. The van der Waals surface area contributed by atoms with Crippen molar-refractivity contribution in [3.05, 3.63) is 82.2 Å². The van der Waals surface area contributed by atoms with Crippen molar-refractivity contribution in [3.8, 4) is 17.7 Å². The fourth-order valence-electron chi connectivity index (χ4n) is 4.31. The number of hydrogen-bond donors (Lipinski definition) is 1. The van der Waals surface area contributed by atoms with E-state index in [1.54, 1.807) is 19.1 Å². The maximum Gasteiger partial charge on any atom is 0.298 e. The summed E-state index contributed by atoms with van der Waals surface area (Å²) in [4.78, 5) is 14.2. The minimum absolute atomic E-state index is 0.218. The Kier molecular flexibility index (Phi) is 6.57. The van der Waals surface area contributed by atoms with Crippen molar-refractivity contribution in [3.63, 3.8) is 0 Å². The third kappa shape index (κ3) is 4.67. The SMILES string of the molecule is CC(Sc1c([O-])on[n+]1-c1ccccc1)C(=O)Nc1sc2c(c1C#N)CCC(c1ccccc1)C2. The number of rotatable bonds is 6. The Morgan fingerprint density at radius 3 is 2.69 bits per heavy atom. The summed E-state index contributed by atoms with van der Waals surface area (Å²) in [6, 6.07) is 21.8. The molecule has 0 saturated heterocycles. The zero-order valence-corrected chi connectivity index (χ0v) is 20.6. The van der Waals surface area contributed by atoms with Crippen LogP contribution in [0.3, 0.4) is 0 Å². The first-order valence-corrected chi connectivity index (χ1v) is 13.0. The minimum Gasteiger partial charge on any atom is -0.538 e. The van der Waals surface area contributed by atoms with Crippen LogP contribution in [-0.4, -0.2) is 16.4 Å². The number of anilines is 1. The summed E-state index contributed by atoms with van der Waals surface area (Å²) in [7, 11) is 0. The molecular formula is C26H22N4O3S2. The summed E-state index contributed by atoms with van der Waals surface area (Å²) in [6.07, 6.45) is 2.64. The van der Waals surface area contributed by atoms with Crippen LogP contribution >= 0.6 is 23.1 Å². The van der Waals surface area contributed by atoms with Crippen LogP contribution in [0.25, 0.3) is 5.69 Å². The Balaban J connectivity index is 1.33. The van der Waals surface area contributed by atoms with E-state index in [0.717, 1.165) is 41.5 Å². The summed E-state index contributed by atoms with van der Waals surface area (Å²) in [6.45, 7) is 1.72. The molecule has 0 spiro atoms. The lowest BCUT2D eigenvalue weighted by Gasteiger charge is -2.22. The first-order valence-electron chi connectivity index (χ1n) is 11.3. The molecule has 9 heteroatoms. The van der Waals surface area contributed by atoms with Crippen LogP contribution in [0.2, 0.25) is 0 Å². The van der Waals surface area contributed by atoms with E-state index in [-0.39, 0.29) is 10.9 Å². The molecule has 35 heavy (non-hydrogen) atoms. The molecular weight excluding hydrogens is 480 g/mol. The van der Waals surface area contributed by atoms with Crippen molar-refractivity contribution in [2.75, 3.05) is 5.32 Å². The topological polar surface area (TPSA) is 106 Å². The van der Waals surface area contributed by atoms with Gasteiger partial charge in [0.2, 0.25) is 11.6 Å². The zero-order chi connectivity index (χ0) is 24.4. The molecule has 2 heterocycles. The van der Waals surface area contributed by atoms with E-state index in [0.29, 0.717) is 22.2 Å². The number of amides is 1. The van der Waals surface area contributed by atoms with Gasteiger partial charge in [0.15, 0.2) is 5.95 Å². The number of nitriles is 1. The fraction of sp³-hybridized carbons (Fsp3) is 0.231. The van der Waals surface area contributed by atoms with Crippen molar-refractivity contribution >= 4 is 34.0 Å². The van der Waals surface area contributed by atoms with Crippen LogP contribution in [-0.2, 0) is 17.6 Å². The molecule has 7 nitrogen and oxygen atoms in total. The van der Waals surface area contributed by atoms with E-state index in [1.165, 1.54) is 21.6 Å². The molecule has 0 aliphatic heterocycles. The summed E-state index contributed by atoms with van der Waals surface area (Å²) < 4.78 is 6.24. The second-order valence-corrected chi connectivity index (χ2v) is 10.8.